The second-order valence-electron chi connectivity index (χ2n) is 14.6. The Hall–Kier alpha value is -0.470. The van der Waals surface area contributed by atoms with E-state index in [-0.39, 0.29) is 52.0 Å². The highest BCUT2D eigenvalue weighted by atomic mass is 79.9. The molecule has 2 aliphatic heterocycles. The Morgan fingerprint density at radius 1 is 1.10 bits per heavy atom. The third-order valence-corrected chi connectivity index (χ3v) is 13.1. The molecule has 0 bridgehead atoms. The number of fused-ring (bicyclic) bond motifs is 5. The number of morpholine rings is 1. The Bertz CT molecular complexity index is 905. The fraction of sp³-hybridized carbons (Fsp3) is 0.906. The first-order valence-electron chi connectivity index (χ1n) is 15.9. The second kappa shape index (κ2) is 11.3. The molecule has 39 heavy (non-hydrogen) atoms. The van der Waals surface area contributed by atoms with Crippen LogP contribution in [-0.4, -0.2) is 90.7 Å². The van der Waals surface area contributed by atoms with Gasteiger partial charge in [0.1, 0.15) is 6.04 Å². The van der Waals surface area contributed by atoms with Gasteiger partial charge in [0.25, 0.3) is 0 Å². The summed E-state index contributed by atoms with van der Waals surface area (Å²) in [5, 5.41) is 11.3. The van der Waals surface area contributed by atoms with Crippen LogP contribution in [0.4, 0.5) is 0 Å². The number of halogens is 1. The summed E-state index contributed by atoms with van der Waals surface area (Å²) in [6.07, 6.45) is 12.7. The van der Waals surface area contributed by atoms with Crippen molar-refractivity contribution in [2.75, 3.05) is 45.9 Å². The lowest BCUT2D eigenvalue weighted by molar-refractivity contribution is -0.937. The van der Waals surface area contributed by atoms with E-state index in [1.165, 1.54) is 51.6 Å². The average molecular weight is 610 g/mol. The number of hydrogen-bond donors (Lipinski definition) is 1. The van der Waals surface area contributed by atoms with Gasteiger partial charge in [0.05, 0.1) is 39.0 Å². The molecule has 1 N–H and O–H groups in total. The van der Waals surface area contributed by atoms with Crippen molar-refractivity contribution in [2.45, 2.75) is 103 Å². The van der Waals surface area contributed by atoms with E-state index >= 15 is 0 Å². The lowest BCUT2D eigenvalue weighted by atomic mass is 9.44. The topological polar surface area (TPSA) is 59.0 Å². The lowest BCUT2D eigenvalue weighted by Crippen LogP contribution is -3.00. The van der Waals surface area contributed by atoms with Gasteiger partial charge in [0, 0.05) is 50.7 Å². The van der Waals surface area contributed by atoms with E-state index in [1.54, 1.807) is 6.92 Å². The molecule has 2 saturated heterocycles. The number of aliphatic hydroxyl groups excluding tert-OH is 1. The molecule has 6 aliphatic rings. The third kappa shape index (κ3) is 4.88. The maximum atomic E-state index is 12.5. The molecular formula is C32H53BrN2O4. The van der Waals surface area contributed by atoms with Gasteiger partial charge in [0.15, 0.2) is 6.10 Å². The number of likely N-dealkylation sites (tertiary alicyclic amines) is 1. The van der Waals surface area contributed by atoms with Gasteiger partial charge in [-0.3, -0.25) is 9.69 Å². The van der Waals surface area contributed by atoms with Crippen LogP contribution in [0.3, 0.4) is 0 Å². The zero-order chi connectivity index (χ0) is 26.7. The van der Waals surface area contributed by atoms with Crippen LogP contribution >= 0.6 is 0 Å². The predicted octanol–water partition coefficient (Wildman–Crippen LogP) is 1.41. The van der Waals surface area contributed by atoms with E-state index in [2.05, 4.69) is 31.4 Å². The zero-order valence-electron chi connectivity index (χ0n) is 24.7. The number of ether oxygens (including phenoxy) is 2. The summed E-state index contributed by atoms with van der Waals surface area (Å²) in [7, 11) is 0. The summed E-state index contributed by atoms with van der Waals surface area (Å²) in [6, 6.07) is 0.663. The number of rotatable bonds is 5. The van der Waals surface area contributed by atoms with Crippen molar-refractivity contribution >= 4 is 5.97 Å². The standard InChI is InChI=1S/C32H53N2O4.BrH/c1-5-14-34(15-6-7-16-34)28-20-26-24-9-8-23-19-29(36)27(33-12-17-37-18-13-33)21-32(23,4)25(24)10-11-31(26,3)30(28)38-22(2)35;/h5,23-30,36H,1,6-21H2,2-4H3;1H/q+1;/p-1/t23-,24+,25-,26-,27+,28+,29+,30+,31-,32-;/m0./s1. The average Bonchev–Trinajstić information content (AvgIpc) is 3.48. The Labute approximate surface area is 247 Å². The quantitative estimate of drug-likeness (QED) is 0.291. The largest absolute Gasteiger partial charge is 1.00 e. The van der Waals surface area contributed by atoms with E-state index in [9.17, 15) is 9.90 Å². The van der Waals surface area contributed by atoms with E-state index in [0.29, 0.717) is 29.7 Å². The van der Waals surface area contributed by atoms with E-state index in [1.807, 2.05) is 0 Å². The molecule has 222 valence electrons. The normalized spacial score (nSPS) is 47.3. The van der Waals surface area contributed by atoms with E-state index < -0.39 is 0 Å². The lowest BCUT2D eigenvalue weighted by Gasteiger charge is -2.62. The van der Waals surface area contributed by atoms with Gasteiger partial charge in [-0.1, -0.05) is 20.4 Å². The van der Waals surface area contributed by atoms with Crippen molar-refractivity contribution in [1.29, 1.82) is 0 Å². The molecule has 4 aliphatic carbocycles. The molecule has 4 saturated carbocycles. The number of hydrogen-bond acceptors (Lipinski definition) is 5. The van der Waals surface area contributed by atoms with Gasteiger partial charge in [-0.15, -0.1) is 0 Å². The third-order valence-electron chi connectivity index (χ3n) is 13.1. The summed E-state index contributed by atoms with van der Waals surface area (Å²) in [5.41, 5.74) is 0.343. The number of nitrogens with zero attached hydrogens (tertiary/aromatic N) is 2. The van der Waals surface area contributed by atoms with Crippen molar-refractivity contribution in [1.82, 2.24) is 4.90 Å². The zero-order valence-corrected chi connectivity index (χ0v) is 26.2. The fourth-order valence-corrected chi connectivity index (χ4v) is 11.3. The van der Waals surface area contributed by atoms with Gasteiger partial charge in [0.2, 0.25) is 0 Å². The smallest absolute Gasteiger partial charge is 0.303 e. The molecule has 10 atom stereocenters. The van der Waals surface area contributed by atoms with Gasteiger partial charge >= 0.3 is 5.97 Å². The highest BCUT2D eigenvalue weighted by molar-refractivity contribution is 5.66. The monoisotopic (exact) mass is 608 g/mol. The summed E-state index contributed by atoms with van der Waals surface area (Å²) in [6.45, 7) is 17.7. The molecule has 6 rings (SSSR count). The molecule has 0 spiro atoms. The minimum absolute atomic E-state index is 0. The van der Waals surface area contributed by atoms with Gasteiger partial charge < -0.3 is 36.0 Å². The van der Waals surface area contributed by atoms with Crippen LogP contribution in [0.25, 0.3) is 0 Å². The van der Waals surface area contributed by atoms with Crippen molar-refractivity contribution in [3.05, 3.63) is 12.7 Å². The Kier molecular flexibility index (Phi) is 8.70. The van der Waals surface area contributed by atoms with E-state index in [4.69, 9.17) is 9.47 Å². The van der Waals surface area contributed by atoms with Crippen LogP contribution in [-0.2, 0) is 14.3 Å². The predicted molar refractivity (Wildman–Crippen MR) is 148 cm³/mol. The van der Waals surface area contributed by atoms with Crippen molar-refractivity contribution in [3.8, 4) is 0 Å². The van der Waals surface area contributed by atoms with Crippen molar-refractivity contribution in [3.63, 3.8) is 0 Å². The first-order chi connectivity index (χ1) is 18.2. The molecular weight excluding hydrogens is 556 g/mol. The maximum absolute atomic E-state index is 12.5. The first-order valence-corrected chi connectivity index (χ1v) is 15.9. The summed E-state index contributed by atoms with van der Waals surface area (Å²) < 4.78 is 13.1. The van der Waals surface area contributed by atoms with E-state index in [0.717, 1.165) is 56.6 Å². The summed E-state index contributed by atoms with van der Waals surface area (Å²) in [4.78, 5) is 15.0. The SMILES string of the molecule is C=CC[N+]1([C@@H]2C[C@H]3[C@@H]4CC[C@H]5C[C@@H](O)[C@H](N6CCOCC6)C[C@]5(C)[C@H]4CC[C@]3(C)[C@@H]2OC(C)=O)CCCC1.[Br-]. The van der Waals surface area contributed by atoms with Crippen LogP contribution in [0.1, 0.15) is 78.6 Å². The molecule has 0 aromatic rings. The highest BCUT2D eigenvalue weighted by Crippen LogP contribution is 2.67. The molecule has 0 aromatic heterocycles. The minimum atomic E-state index is -0.209. The van der Waals surface area contributed by atoms with Gasteiger partial charge in [-0.2, -0.15) is 0 Å². The van der Waals surface area contributed by atoms with Gasteiger partial charge in [-0.25, -0.2) is 0 Å². The number of carbonyl (C=O) groups excluding carboxylic acids is 1. The van der Waals surface area contributed by atoms with Crippen LogP contribution in [0.15, 0.2) is 12.7 Å². The molecule has 0 aromatic carbocycles. The summed E-state index contributed by atoms with van der Waals surface area (Å²) >= 11 is 0. The highest BCUT2D eigenvalue weighted by Gasteiger charge is 2.67. The minimum Gasteiger partial charge on any atom is -1.00 e. The van der Waals surface area contributed by atoms with Crippen molar-refractivity contribution in [2.24, 2.45) is 34.5 Å². The van der Waals surface area contributed by atoms with Crippen LogP contribution < -0.4 is 17.0 Å². The molecule has 0 unspecified atom stereocenters. The molecule has 6 fully saturated rings. The Balaban J connectivity index is 0.00000308. The molecule has 0 amide bonds. The van der Waals surface area contributed by atoms with Crippen molar-refractivity contribution < 1.29 is 40.8 Å². The molecule has 6 nitrogen and oxygen atoms in total. The van der Waals surface area contributed by atoms with Crippen LogP contribution in [0.2, 0.25) is 0 Å². The molecule has 2 heterocycles. The number of quaternary nitrogens is 1. The number of esters is 1. The maximum Gasteiger partial charge on any atom is 0.303 e. The Morgan fingerprint density at radius 3 is 2.49 bits per heavy atom. The number of carbonyl (C=O) groups is 1. The fourth-order valence-electron chi connectivity index (χ4n) is 11.3. The molecule has 7 heteroatoms. The second-order valence-corrected chi connectivity index (χ2v) is 14.6. The Morgan fingerprint density at radius 2 is 1.82 bits per heavy atom. The van der Waals surface area contributed by atoms with Gasteiger partial charge in [-0.05, 0) is 73.7 Å². The van der Waals surface area contributed by atoms with Crippen LogP contribution in [0, 0.1) is 34.5 Å². The number of aliphatic hydroxyl groups is 1. The molecule has 0 radical (unpaired) electrons. The summed E-state index contributed by atoms with van der Waals surface area (Å²) in [5.74, 6) is 2.54. The van der Waals surface area contributed by atoms with Crippen LogP contribution in [0.5, 0.6) is 0 Å². The first kappa shape index (κ1) is 30.0.